The number of nitrogens with one attached hydrogen (secondary N) is 1. The number of nitro groups is 1. The number of para-hydroxylation sites is 1. The van der Waals surface area contributed by atoms with Gasteiger partial charge in [0.1, 0.15) is 6.10 Å². The number of anilines is 1. The molecule has 3 rings (SSSR count). The first-order chi connectivity index (χ1) is 11.6. The van der Waals surface area contributed by atoms with Gasteiger partial charge in [0.15, 0.2) is 0 Å². The van der Waals surface area contributed by atoms with Crippen LogP contribution < -0.4 is 5.32 Å². The van der Waals surface area contributed by atoms with E-state index in [0.717, 1.165) is 24.1 Å². The van der Waals surface area contributed by atoms with Crippen LogP contribution in [0.1, 0.15) is 31.2 Å². The summed E-state index contributed by atoms with van der Waals surface area (Å²) in [5.74, 6) is 0.467. The normalized spacial score (nSPS) is 26.8. The third-order valence-corrected chi connectivity index (χ3v) is 4.81. The number of nitrogens with zero attached hydrogens (tertiary/aromatic N) is 1. The molecule has 0 amide bonds. The van der Waals surface area contributed by atoms with Crippen molar-refractivity contribution in [2.45, 2.75) is 37.8 Å². The summed E-state index contributed by atoms with van der Waals surface area (Å²) < 4.78 is 6.09. The van der Waals surface area contributed by atoms with E-state index in [-0.39, 0.29) is 17.8 Å². The molecule has 1 fully saturated rings. The highest BCUT2D eigenvalue weighted by Gasteiger charge is 2.36. The molecule has 5 nitrogen and oxygen atoms in total. The van der Waals surface area contributed by atoms with Crippen molar-refractivity contribution >= 4 is 5.69 Å². The zero-order chi connectivity index (χ0) is 17.1. The minimum absolute atomic E-state index is 0.0105. The molecule has 0 aliphatic carbocycles. The van der Waals surface area contributed by atoms with Crippen molar-refractivity contribution in [3.63, 3.8) is 0 Å². The zero-order valence-corrected chi connectivity index (χ0v) is 13.8. The second-order valence-corrected chi connectivity index (χ2v) is 6.17. The van der Waals surface area contributed by atoms with Crippen molar-refractivity contribution in [1.82, 2.24) is 0 Å². The number of fused-ring (bicyclic) bond motifs is 4. The van der Waals surface area contributed by atoms with Gasteiger partial charge in [0, 0.05) is 24.4 Å². The Morgan fingerprint density at radius 2 is 2.25 bits per heavy atom. The van der Waals surface area contributed by atoms with Crippen LogP contribution in [0.2, 0.25) is 0 Å². The fourth-order valence-corrected chi connectivity index (χ4v) is 3.62. The van der Waals surface area contributed by atoms with E-state index in [2.05, 4.69) is 30.1 Å². The van der Waals surface area contributed by atoms with E-state index >= 15 is 0 Å². The van der Waals surface area contributed by atoms with Crippen molar-refractivity contribution in [3.8, 4) is 0 Å². The number of hydrogen-bond acceptors (Lipinski definition) is 4. The molecule has 3 atom stereocenters. The molecule has 2 heterocycles. The van der Waals surface area contributed by atoms with Crippen molar-refractivity contribution in [2.75, 3.05) is 11.9 Å². The summed E-state index contributed by atoms with van der Waals surface area (Å²) in [6, 6.07) is 8.46. The Morgan fingerprint density at radius 1 is 1.46 bits per heavy atom. The number of ether oxygens (including phenoxy) is 1. The minimum atomic E-state index is -0.417. The summed E-state index contributed by atoms with van der Waals surface area (Å²) in [6.45, 7) is 6.06. The SMILES string of the molecule is C=C/C(=C\C(=C/C)C1OCCC2CC1Nc1ccccc12)[N+](=O)[O-]. The molecule has 1 aromatic carbocycles. The van der Waals surface area contributed by atoms with Gasteiger partial charge in [-0.2, -0.15) is 0 Å². The minimum Gasteiger partial charge on any atom is -0.379 e. The van der Waals surface area contributed by atoms with Gasteiger partial charge in [-0.05, 0) is 42.9 Å². The van der Waals surface area contributed by atoms with E-state index in [1.165, 1.54) is 11.6 Å². The standard InChI is InChI=1S/C19H22N2O3/c1-3-13(11-15(4-2)21(22)23)19-18-12-14(9-10-24-19)16-7-5-6-8-17(16)20-18/h3-8,11,14,18-20H,2,9-10,12H2,1H3/b13-3+,15-11+. The van der Waals surface area contributed by atoms with E-state index in [9.17, 15) is 10.1 Å². The molecule has 5 heteroatoms. The molecule has 0 radical (unpaired) electrons. The van der Waals surface area contributed by atoms with Gasteiger partial charge < -0.3 is 10.1 Å². The lowest BCUT2D eigenvalue weighted by molar-refractivity contribution is -0.419. The van der Waals surface area contributed by atoms with Crippen LogP contribution in [0.15, 0.2) is 60.3 Å². The predicted molar refractivity (Wildman–Crippen MR) is 94.6 cm³/mol. The zero-order valence-electron chi connectivity index (χ0n) is 13.8. The van der Waals surface area contributed by atoms with Gasteiger partial charge in [0.05, 0.1) is 11.0 Å². The molecule has 1 N–H and O–H groups in total. The molecule has 1 aromatic rings. The fraction of sp³-hybridized carbons (Fsp3) is 0.368. The number of hydrogen-bond donors (Lipinski definition) is 1. The van der Waals surface area contributed by atoms with E-state index in [1.807, 2.05) is 19.1 Å². The summed E-state index contributed by atoms with van der Waals surface area (Å²) in [6.07, 6.45) is 6.46. The predicted octanol–water partition coefficient (Wildman–Crippen LogP) is 4.04. The Kier molecular flexibility index (Phi) is 4.81. The number of benzene rings is 1. The van der Waals surface area contributed by atoms with Gasteiger partial charge in [-0.15, -0.1) is 0 Å². The Balaban J connectivity index is 1.92. The lowest BCUT2D eigenvalue weighted by atomic mass is 9.83. The van der Waals surface area contributed by atoms with Gasteiger partial charge in [0.2, 0.25) is 0 Å². The van der Waals surface area contributed by atoms with Crippen molar-refractivity contribution in [1.29, 1.82) is 0 Å². The molecule has 24 heavy (non-hydrogen) atoms. The molecule has 2 bridgehead atoms. The summed E-state index contributed by atoms with van der Waals surface area (Å²) in [5.41, 5.74) is 3.29. The van der Waals surface area contributed by atoms with Crippen molar-refractivity contribution in [2.24, 2.45) is 0 Å². The quantitative estimate of drug-likeness (QED) is 0.515. The third-order valence-electron chi connectivity index (χ3n) is 4.81. The highest BCUT2D eigenvalue weighted by atomic mass is 16.6. The molecular formula is C19H22N2O3. The van der Waals surface area contributed by atoms with Gasteiger partial charge >= 0.3 is 0 Å². The molecule has 0 aromatic heterocycles. The largest absolute Gasteiger partial charge is 0.379 e. The van der Waals surface area contributed by atoms with Crippen LogP contribution in [0.25, 0.3) is 0 Å². The molecule has 0 saturated carbocycles. The summed E-state index contributed by atoms with van der Waals surface area (Å²) in [4.78, 5) is 10.7. The molecule has 2 aliphatic rings. The first kappa shape index (κ1) is 16.5. The van der Waals surface area contributed by atoms with Crippen LogP contribution in [0.4, 0.5) is 5.69 Å². The topological polar surface area (TPSA) is 64.4 Å². The van der Waals surface area contributed by atoms with Crippen LogP contribution in [0.5, 0.6) is 0 Å². The van der Waals surface area contributed by atoms with Crippen LogP contribution in [0, 0.1) is 10.1 Å². The lowest BCUT2D eigenvalue weighted by Gasteiger charge is -2.34. The summed E-state index contributed by atoms with van der Waals surface area (Å²) in [7, 11) is 0. The van der Waals surface area contributed by atoms with Gasteiger partial charge in [-0.3, -0.25) is 10.1 Å². The Bertz CT molecular complexity index is 708. The average molecular weight is 326 g/mol. The van der Waals surface area contributed by atoms with Crippen LogP contribution in [-0.2, 0) is 4.74 Å². The average Bonchev–Trinajstić information content (AvgIpc) is 2.76. The smallest absolute Gasteiger partial charge is 0.269 e. The second kappa shape index (κ2) is 7.01. The Hall–Kier alpha value is -2.40. The summed E-state index contributed by atoms with van der Waals surface area (Å²) >= 11 is 0. The molecule has 0 spiro atoms. The Morgan fingerprint density at radius 3 is 2.96 bits per heavy atom. The highest BCUT2D eigenvalue weighted by molar-refractivity contribution is 5.56. The lowest BCUT2D eigenvalue weighted by Crippen LogP contribution is -2.38. The number of rotatable bonds is 4. The molecule has 1 saturated heterocycles. The monoisotopic (exact) mass is 326 g/mol. The van der Waals surface area contributed by atoms with Crippen LogP contribution in [-0.4, -0.2) is 23.7 Å². The first-order valence-electron chi connectivity index (χ1n) is 8.25. The van der Waals surface area contributed by atoms with E-state index in [0.29, 0.717) is 12.5 Å². The second-order valence-electron chi connectivity index (χ2n) is 6.17. The molecular weight excluding hydrogens is 304 g/mol. The van der Waals surface area contributed by atoms with Crippen molar-refractivity contribution in [3.05, 3.63) is 76.0 Å². The van der Waals surface area contributed by atoms with E-state index in [4.69, 9.17) is 4.74 Å². The highest BCUT2D eigenvalue weighted by Crippen LogP contribution is 2.40. The van der Waals surface area contributed by atoms with Crippen LogP contribution in [0.3, 0.4) is 0 Å². The van der Waals surface area contributed by atoms with Gasteiger partial charge in [-0.25, -0.2) is 0 Å². The Labute approximate surface area is 141 Å². The molecule has 126 valence electrons. The van der Waals surface area contributed by atoms with E-state index < -0.39 is 4.92 Å². The van der Waals surface area contributed by atoms with E-state index in [1.54, 1.807) is 6.08 Å². The van der Waals surface area contributed by atoms with Gasteiger partial charge in [0.25, 0.3) is 5.70 Å². The number of allylic oxidation sites excluding steroid dienone is 2. The van der Waals surface area contributed by atoms with Gasteiger partial charge in [-0.1, -0.05) is 30.9 Å². The third kappa shape index (κ3) is 3.12. The summed E-state index contributed by atoms with van der Waals surface area (Å²) in [5, 5.41) is 14.7. The van der Waals surface area contributed by atoms with Crippen molar-refractivity contribution < 1.29 is 9.66 Å². The maximum Gasteiger partial charge on any atom is 0.269 e. The fourth-order valence-electron chi connectivity index (χ4n) is 3.62. The maximum atomic E-state index is 11.1. The maximum absolute atomic E-state index is 11.1. The molecule has 2 aliphatic heterocycles. The molecule has 3 unspecified atom stereocenters. The first-order valence-corrected chi connectivity index (χ1v) is 8.25. The van der Waals surface area contributed by atoms with Crippen LogP contribution >= 0.6 is 0 Å².